The van der Waals surface area contributed by atoms with Gasteiger partial charge in [0.15, 0.2) is 0 Å². The number of hydrogen-bond acceptors (Lipinski definition) is 7. The number of nitrogens with zero attached hydrogens (tertiary/aromatic N) is 1. The number of anilines is 1. The summed E-state index contributed by atoms with van der Waals surface area (Å²) in [6.07, 6.45) is 8.67. The number of aliphatic hydroxyl groups excluding tert-OH is 1. The lowest BCUT2D eigenvalue weighted by atomic mass is 9.70. The topological polar surface area (TPSA) is 95.9 Å². The summed E-state index contributed by atoms with van der Waals surface area (Å²) in [4.78, 5) is 16.9. The number of amides is 1. The van der Waals surface area contributed by atoms with E-state index in [1.165, 1.54) is 16.9 Å². The Kier molecular flexibility index (Phi) is 9.90. The van der Waals surface area contributed by atoms with E-state index >= 15 is 0 Å². The zero-order valence-corrected chi connectivity index (χ0v) is 27.9. The molecule has 1 amide bonds. The van der Waals surface area contributed by atoms with Crippen molar-refractivity contribution in [3.05, 3.63) is 92.7 Å². The molecular weight excluding hydrogens is 628 g/mol. The van der Waals surface area contributed by atoms with Gasteiger partial charge < -0.3 is 14.7 Å². The maximum absolute atomic E-state index is 13.8. The van der Waals surface area contributed by atoms with Crippen molar-refractivity contribution in [2.75, 3.05) is 18.0 Å². The Morgan fingerprint density at radius 2 is 1.98 bits per heavy atom. The lowest BCUT2D eigenvalue weighted by molar-refractivity contribution is 0.0461. The quantitative estimate of drug-likeness (QED) is 0.293. The number of nitrogens with one attached hydrogen (secondary N) is 1. The summed E-state index contributed by atoms with van der Waals surface area (Å²) in [6.45, 7) is 3.71. The molecule has 2 N–H and O–H groups in total. The van der Waals surface area contributed by atoms with Gasteiger partial charge in [-0.1, -0.05) is 42.8 Å². The van der Waals surface area contributed by atoms with Gasteiger partial charge in [-0.05, 0) is 109 Å². The average Bonchev–Trinajstić information content (AvgIpc) is 3.50. The molecule has 3 heterocycles. The molecule has 240 valence electrons. The minimum atomic E-state index is -4.04. The van der Waals surface area contributed by atoms with Crippen LogP contribution in [0.15, 0.2) is 66.1 Å². The normalized spacial score (nSPS) is 27.8. The zero-order chi connectivity index (χ0) is 31.6. The highest BCUT2D eigenvalue weighted by Crippen LogP contribution is 2.41. The molecule has 1 unspecified atom stereocenters. The fourth-order valence-electron chi connectivity index (χ4n) is 6.87. The van der Waals surface area contributed by atoms with Gasteiger partial charge >= 0.3 is 0 Å². The monoisotopic (exact) mass is 668 g/mol. The van der Waals surface area contributed by atoms with E-state index < -0.39 is 27.3 Å². The number of thiophene rings is 1. The molecule has 1 saturated carbocycles. The smallest absolute Gasteiger partial charge is 0.264 e. The average molecular weight is 669 g/mol. The fraction of sp³-hybridized carbons (Fsp3) is 0.457. The lowest BCUT2D eigenvalue weighted by Gasteiger charge is -2.42. The molecule has 0 saturated heterocycles. The van der Waals surface area contributed by atoms with E-state index in [2.05, 4.69) is 9.62 Å². The highest BCUT2D eigenvalue weighted by molar-refractivity contribution is 7.90. The molecular formula is C35H41ClN2O5S2. The number of benzene rings is 2. The Morgan fingerprint density at radius 3 is 2.76 bits per heavy atom. The van der Waals surface area contributed by atoms with Gasteiger partial charge in [0.2, 0.25) is 10.0 Å². The molecule has 45 heavy (non-hydrogen) atoms. The van der Waals surface area contributed by atoms with Crippen LogP contribution >= 0.6 is 22.9 Å². The molecule has 0 radical (unpaired) electrons. The molecule has 2 aromatic carbocycles. The van der Waals surface area contributed by atoms with E-state index in [-0.39, 0.29) is 23.3 Å². The largest absolute Gasteiger partial charge is 0.487 e. The van der Waals surface area contributed by atoms with Crippen molar-refractivity contribution < 1.29 is 23.1 Å². The molecule has 2 bridgehead atoms. The van der Waals surface area contributed by atoms with Crippen molar-refractivity contribution >= 4 is 44.6 Å². The first kappa shape index (κ1) is 32.1. The van der Waals surface area contributed by atoms with Crippen molar-refractivity contribution in [3.63, 3.8) is 0 Å². The third-order valence-electron chi connectivity index (χ3n) is 9.70. The van der Waals surface area contributed by atoms with Gasteiger partial charge in [-0.25, -0.2) is 13.1 Å². The highest BCUT2D eigenvalue weighted by Gasteiger charge is 2.38. The molecule has 6 rings (SSSR count). The Hall–Kier alpha value is -2.85. The number of halogens is 1. The summed E-state index contributed by atoms with van der Waals surface area (Å²) in [5.74, 6) is 0.123. The molecule has 2 aliphatic heterocycles. The number of rotatable bonds is 2. The second-order valence-electron chi connectivity index (χ2n) is 12.7. The second kappa shape index (κ2) is 13.9. The van der Waals surface area contributed by atoms with Gasteiger partial charge in [0.1, 0.15) is 12.4 Å². The van der Waals surface area contributed by atoms with E-state index in [0.717, 1.165) is 54.8 Å². The standard InChI is InChI=1S/C35H41ClN2O5S2/c1-23-6-4-9-32(39)30-14-11-26(30)21-38-16-3-2-7-24-18-28(36)13-10-27(24)22-43-33-15-12-25(19-31(33)38)35(40)37-45(41,42)34(23)20-29-8-5-17-44-29/h4-5,8-10,12-13,15,17-19,23,26,30,32,34,39H,2-3,6-7,11,14,16,20-22H2,1H3,(H,37,40)/b9-4+/t23?,26-,30+,32-,34-/m0/s1. The van der Waals surface area contributed by atoms with Crippen molar-refractivity contribution in [1.29, 1.82) is 0 Å². The van der Waals surface area contributed by atoms with Crippen LogP contribution in [0.2, 0.25) is 5.02 Å². The molecule has 1 fully saturated rings. The number of fused-ring (bicyclic) bond motifs is 3. The van der Waals surface area contributed by atoms with Gasteiger partial charge in [-0.15, -0.1) is 11.3 Å². The maximum atomic E-state index is 13.8. The molecule has 5 atom stereocenters. The van der Waals surface area contributed by atoms with Crippen LogP contribution in [-0.2, 0) is 29.5 Å². The lowest BCUT2D eigenvalue weighted by Crippen LogP contribution is -2.44. The number of aliphatic hydroxyl groups is 1. The molecule has 10 heteroatoms. The van der Waals surface area contributed by atoms with Crippen LogP contribution in [0.4, 0.5) is 5.69 Å². The predicted octanol–water partition coefficient (Wildman–Crippen LogP) is 6.78. The SMILES string of the molecule is CC1C/C=C/[C@H](O)[C@@H]2CC[C@H]2CN2CCCCc3cc(Cl)ccc3COc3ccc(cc32)C(=O)NS(=O)(=O)[C@H]1Cc1cccs1. The summed E-state index contributed by atoms with van der Waals surface area (Å²) in [7, 11) is -4.04. The van der Waals surface area contributed by atoms with E-state index in [4.69, 9.17) is 16.3 Å². The summed E-state index contributed by atoms with van der Waals surface area (Å²) in [5.41, 5.74) is 3.28. The van der Waals surface area contributed by atoms with Gasteiger partial charge in [-0.2, -0.15) is 0 Å². The number of allylic oxidation sites excluding steroid dienone is 1. The van der Waals surface area contributed by atoms with Crippen LogP contribution in [-0.4, -0.2) is 43.9 Å². The van der Waals surface area contributed by atoms with Crippen molar-refractivity contribution in [2.24, 2.45) is 17.8 Å². The molecule has 3 aromatic rings. The van der Waals surface area contributed by atoms with Crippen LogP contribution in [0.3, 0.4) is 0 Å². The summed E-state index contributed by atoms with van der Waals surface area (Å²) in [6, 6.07) is 14.9. The van der Waals surface area contributed by atoms with Crippen LogP contribution in [0, 0.1) is 17.8 Å². The Labute approximate surface area is 275 Å². The minimum absolute atomic E-state index is 0.121. The van der Waals surface area contributed by atoms with Crippen LogP contribution in [0.5, 0.6) is 5.75 Å². The van der Waals surface area contributed by atoms with E-state index in [9.17, 15) is 18.3 Å². The van der Waals surface area contributed by atoms with Crippen molar-refractivity contribution in [1.82, 2.24) is 4.72 Å². The Balaban J connectivity index is 1.38. The Morgan fingerprint density at radius 1 is 1.11 bits per heavy atom. The number of hydrogen-bond donors (Lipinski definition) is 2. The number of aryl methyl sites for hydroxylation is 1. The van der Waals surface area contributed by atoms with Crippen LogP contribution in [0.25, 0.3) is 0 Å². The van der Waals surface area contributed by atoms with Crippen LogP contribution < -0.4 is 14.4 Å². The third kappa shape index (κ3) is 7.43. The molecule has 1 aliphatic carbocycles. The first-order valence-electron chi connectivity index (χ1n) is 15.9. The number of carbonyl (C=O) groups is 1. The van der Waals surface area contributed by atoms with Crippen molar-refractivity contribution in [2.45, 2.75) is 69.8 Å². The fourth-order valence-corrected chi connectivity index (χ4v) is 9.58. The summed E-state index contributed by atoms with van der Waals surface area (Å²) >= 11 is 7.83. The van der Waals surface area contributed by atoms with Gasteiger partial charge in [-0.3, -0.25) is 4.79 Å². The van der Waals surface area contributed by atoms with Gasteiger partial charge in [0.25, 0.3) is 5.91 Å². The number of ether oxygens (including phenoxy) is 1. The minimum Gasteiger partial charge on any atom is -0.487 e. The van der Waals surface area contributed by atoms with E-state index in [1.807, 2.05) is 54.8 Å². The first-order valence-corrected chi connectivity index (χ1v) is 18.7. The number of carbonyl (C=O) groups excluding carboxylic acids is 1. The van der Waals surface area contributed by atoms with E-state index in [0.29, 0.717) is 36.8 Å². The van der Waals surface area contributed by atoms with Gasteiger partial charge in [0, 0.05) is 35.0 Å². The first-order chi connectivity index (χ1) is 21.7. The third-order valence-corrected chi connectivity index (χ3v) is 12.7. The molecule has 0 spiro atoms. The molecule has 7 nitrogen and oxygen atoms in total. The maximum Gasteiger partial charge on any atom is 0.264 e. The Bertz CT molecular complexity index is 1640. The summed E-state index contributed by atoms with van der Waals surface area (Å²) in [5, 5.41) is 13.0. The van der Waals surface area contributed by atoms with Crippen LogP contribution in [0.1, 0.15) is 65.4 Å². The van der Waals surface area contributed by atoms with Crippen molar-refractivity contribution in [3.8, 4) is 5.75 Å². The second-order valence-corrected chi connectivity index (χ2v) is 16.1. The number of sulfonamides is 1. The zero-order valence-electron chi connectivity index (χ0n) is 25.5. The predicted molar refractivity (Wildman–Crippen MR) is 181 cm³/mol. The molecule has 1 aromatic heterocycles. The highest BCUT2D eigenvalue weighted by atomic mass is 35.5. The molecule has 3 aliphatic rings. The summed E-state index contributed by atoms with van der Waals surface area (Å²) < 4.78 is 36.5. The van der Waals surface area contributed by atoms with Gasteiger partial charge in [0.05, 0.1) is 17.0 Å². The van der Waals surface area contributed by atoms with E-state index in [1.54, 1.807) is 18.2 Å².